The number of hydrogen-bond acceptors (Lipinski definition) is 6. The number of aromatic nitrogens is 1. The van der Waals surface area contributed by atoms with E-state index in [9.17, 15) is 14.7 Å². The Morgan fingerprint density at radius 1 is 1.10 bits per heavy atom. The summed E-state index contributed by atoms with van der Waals surface area (Å²) in [6.07, 6.45) is -1.44. The van der Waals surface area contributed by atoms with Gasteiger partial charge in [-0.1, -0.05) is 54.6 Å². The molecule has 0 radical (unpaired) electrons. The summed E-state index contributed by atoms with van der Waals surface area (Å²) in [5.41, 5.74) is 3.00. The molecule has 1 amide bonds. The molecule has 0 bridgehead atoms. The van der Waals surface area contributed by atoms with E-state index in [4.69, 9.17) is 14.4 Å². The fraction of sp³-hybridized carbons (Fsp3) is 0.227. The van der Waals surface area contributed by atoms with Gasteiger partial charge in [-0.05, 0) is 28.3 Å². The minimum atomic E-state index is -1.61. The molecule has 0 spiro atoms. The summed E-state index contributed by atoms with van der Waals surface area (Å²) in [7, 11) is 1.39. The molecule has 30 heavy (non-hydrogen) atoms. The minimum Gasteiger partial charge on any atom is -0.479 e. The van der Waals surface area contributed by atoms with Gasteiger partial charge in [0.15, 0.2) is 6.10 Å². The first-order valence-corrected chi connectivity index (χ1v) is 9.33. The van der Waals surface area contributed by atoms with Gasteiger partial charge in [0, 0.05) is 12.5 Å². The lowest BCUT2D eigenvalue weighted by Gasteiger charge is -2.20. The lowest BCUT2D eigenvalue weighted by Crippen LogP contribution is -2.40. The topological polar surface area (TPSA) is 122 Å². The third-order valence-corrected chi connectivity index (χ3v) is 4.59. The molecule has 0 fully saturated rings. The highest BCUT2D eigenvalue weighted by molar-refractivity contribution is 5.91. The lowest BCUT2D eigenvalue weighted by atomic mass is 9.97. The normalized spacial score (nSPS) is 12.7. The fourth-order valence-electron chi connectivity index (χ4n) is 3.03. The first kappa shape index (κ1) is 21.1. The Morgan fingerprint density at radius 2 is 1.77 bits per heavy atom. The van der Waals surface area contributed by atoms with Crippen LogP contribution in [0.5, 0.6) is 5.88 Å². The SMILES string of the molecule is COc1cc(C(=O)NC(Cc2ccc(-c3ccccc3)cc2)CC(O)C(=O)O)on1. The van der Waals surface area contributed by atoms with E-state index in [1.54, 1.807) is 0 Å². The van der Waals surface area contributed by atoms with Crippen LogP contribution in [-0.2, 0) is 11.2 Å². The molecule has 2 atom stereocenters. The van der Waals surface area contributed by atoms with Crippen molar-refractivity contribution in [1.29, 1.82) is 0 Å². The molecule has 2 unspecified atom stereocenters. The lowest BCUT2D eigenvalue weighted by molar-refractivity contribution is -0.147. The van der Waals surface area contributed by atoms with Crippen molar-refractivity contribution in [1.82, 2.24) is 10.5 Å². The molecule has 3 aromatic rings. The van der Waals surface area contributed by atoms with Gasteiger partial charge in [0.1, 0.15) is 0 Å². The molecule has 8 nitrogen and oxygen atoms in total. The molecule has 1 aromatic heterocycles. The monoisotopic (exact) mass is 410 g/mol. The van der Waals surface area contributed by atoms with Gasteiger partial charge < -0.3 is 24.8 Å². The zero-order chi connectivity index (χ0) is 21.5. The maximum Gasteiger partial charge on any atom is 0.332 e. The summed E-state index contributed by atoms with van der Waals surface area (Å²) in [5.74, 6) is -1.84. The van der Waals surface area contributed by atoms with Gasteiger partial charge in [-0.25, -0.2) is 4.79 Å². The maximum atomic E-state index is 12.4. The third-order valence-electron chi connectivity index (χ3n) is 4.59. The van der Waals surface area contributed by atoms with Crippen LogP contribution in [0.15, 0.2) is 65.2 Å². The Balaban J connectivity index is 1.73. The molecule has 3 rings (SSSR count). The molecule has 0 saturated carbocycles. The number of aliphatic hydroxyl groups excluding tert-OH is 1. The van der Waals surface area contributed by atoms with E-state index >= 15 is 0 Å². The number of rotatable bonds is 9. The molecule has 0 aliphatic carbocycles. The number of carboxylic acid groups (broad SMARTS) is 1. The summed E-state index contributed by atoms with van der Waals surface area (Å²) in [6, 6.07) is 18.3. The second-order valence-electron chi connectivity index (χ2n) is 6.76. The average Bonchev–Trinajstić information content (AvgIpc) is 3.24. The van der Waals surface area contributed by atoms with E-state index in [-0.39, 0.29) is 18.1 Å². The van der Waals surface area contributed by atoms with Gasteiger partial charge in [-0.15, -0.1) is 0 Å². The molecule has 1 heterocycles. The second kappa shape index (κ2) is 9.71. The van der Waals surface area contributed by atoms with E-state index in [1.165, 1.54) is 13.2 Å². The minimum absolute atomic E-state index is 0.0684. The number of ether oxygens (including phenoxy) is 1. The van der Waals surface area contributed by atoms with E-state index in [0.29, 0.717) is 6.42 Å². The largest absolute Gasteiger partial charge is 0.479 e. The van der Waals surface area contributed by atoms with Gasteiger partial charge in [0.05, 0.1) is 13.2 Å². The van der Waals surface area contributed by atoms with E-state index in [2.05, 4.69) is 10.5 Å². The molecule has 0 saturated heterocycles. The van der Waals surface area contributed by atoms with Crippen molar-refractivity contribution in [2.24, 2.45) is 0 Å². The Morgan fingerprint density at radius 3 is 2.37 bits per heavy atom. The highest BCUT2D eigenvalue weighted by Crippen LogP contribution is 2.20. The number of nitrogens with zero attached hydrogens (tertiary/aromatic N) is 1. The molecular weight excluding hydrogens is 388 g/mol. The molecular formula is C22H22N2O6. The van der Waals surface area contributed by atoms with Crippen LogP contribution in [0.2, 0.25) is 0 Å². The molecule has 156 valence electrons. The Bertz CT molecular complexity index is 984. The summed E-state index contributed by atoms with van der Waals surface area (Å²) >= 11 is 0. The van der Waals surface area contributed by atoms with Crippen LogP contribution in [0.3, 0.4) is 0 Å². The number of carboxylic acids is 1. The van der Waals surface area contributed by atoms with Crippen LogP contribution in [0.25, 0.3) is 11.1 Å². The number of amides is 1. The van der Waals surface area contributed by atoms with Crippen LogP contribution < -0.4 is 10.1 Å². The summed E-state index contributed by atoms with van der Waals surface area (Å²) in [6.45, 7) is 0. The van der Waals surface area contributed by atoms with Crippen LogP contribution in [0.4, 0.5) is 0 Å². The highest BCUT2D eigenvalue weighted by Gasteiger charge is 2.24. The van der Waals surface area contributed by atoms with E-state index in [0.717, 1.165) is 16.7 Å². The van der Waals surface area contributed by atoms with E-state index < -0.39 is 24.0 Å². The third kappa shape index (κ3) is 5.45. The maximum absolute atomic E-state index is 12.4. The number of hydrogen-bond donors (Lipinski definition) is 3. The molecule has 8 heteroatoms. The number of methoxy groups -OCH3 is 1. The van der Waals surface area contributed by atoms with Crippen molar-refractivity contribution in [2.75, 3.05) is 7.11 Å². The van der Waals surface area contributed by atoms with Crippen molar-refractivity contribution < 1.29 is 29.1 Å². The summed E-state index contributed by atoms with van der Waals surface area (Å²) in [4.78, 5) is 23.5. The molecule has 0 aliphatic heterocycles. The number of aliphatic hydroxyl groups is 1. The standard InChI is InChI=1S/C22H22N2O6/c1-29-20-13-19(30-24-20)21(26)23-17(12-18(25)22(27)28)11-14-7-9-16(10-8-14)15-5-3-2-4-6-15/h2-10,13,17-18,25H,11-12H2,1H3,(H,23,26)(H,27,28). The van der Waals surface area contributed by atoms with Gasteiger partial charge in [-0.3, -0.25) is 4.79 Å². The molecule has 2 aromatic carbocycles. The van der Waals surface area contributed by atoms with Crippen LogP contribution in [0.1, 0.15) is 22.5 Å². The zero-order valence-electron chi connectivity index (χ0n) is 16.3. The quantitative estimate of drug-likeness (QED) is 0.495. The summed E-state index contributed by atoms with van der Waals surface area (Å²) in [5, 5.41) is 25.1. The Hall–Kier alpha value is -3.65. The van der Waals surface area contributed by atoms with Gasteiger partial charge in [0.2, 0.25) is 5.76 Å². The number of carbonyl (C=O) groups excluding carboxylic acids is 1. The van der Waals surface area contributed by atoms with Crippen molar-refractivity contribution in [2.45, 2.75) is 25.0 Å². The predicted octanol–water partition coefficient (Wildman–Crippen LogP) is 2.53. The second-order valence-corrected chi connectivity index (χ2v) is 6.76. The van der Waals surface area contributed by atoms with Crippen molar-refractivity contribution >= 4 is 11.9 Å². The van der Waals surface area contributed by atoms with E-state index in [1.807, 2.05) is 54.6 Å². The Labute approximate surface area is 173 Å². The molecule has 3 N–H and O–H groups in total. The average molecular weight is 410 g/mol. The predicted molar refractivity (Wildman–Crippen MR) is 108 cm³/mol. The van der Waals surface area contributed by atoms with Gasteiger partial charge in [0.25, 0.3) is 11.8 Å². The van der Waals surface area contributed by atoms with Crippen molar-refractivity contribution in [3.8, 4) is 17.0 Å². The van der Waals surface area contributed by atoms with Crippen LogP contribution >= 0.6 is 0 Å². The van der Waals surface area contributed by atoms with Gasteiger partial charge in [-0.2, -0.15) is 0 Å². The molecule has 0 aliphatic rings. The zero-order valence-corrected chi connectivity index (χ0v) is 16.3. The number of aliphatic carboxylic acids is 1. The first-order valence-electron chi connectivity index (χ1n) is 9.33. The van der Waals surface area contributed by atoms with Crippen molar-refractivity contribution in [3.63, 3.8) is 0 Å². The first-order chi connectivity index (χ1) is 14.5. The van der Waals surface area contributed by atoms with Crippen molar-refractivity contribution in [3.05, 3.63) is 72.0 Å². The number of nitrogens with one attached hydrogen (secondary N) is 1. The summed E-state index contributed by atoms with van der Waals surface area (Å²) < 4.78 is 9.81. The fourth-order valence-corrected chi connectivity index (χ4v) is 3.03. The highest BCUT2D eigenvalue weighted by atomic mass is 16.5. The van der Waals surface area contributed by atoms with Crippen LogP contribution in [-0.4, -0.2) is 46.5 Å². The number of carbonyl (C=O) groups is 2. The van der Waals surface area contributed by atoms with Gasteiger partial charge >= 0.3 is 5.97 Å². The smallest absolute Gasteiger partial charge is 0.332 e. The Kier molecular flexibility index (Phi) is 6.82. The van der Waals surface area contributed by atoms with Crippen LogP contribution in [0, 0.1) is 0 Å². The number of benzene rings is 2.